The van der Waals surface area contributed by atoms with Gasteiger partial charge in [0.15, 0.2) is 0 Å². The Hall–Kier alpha value is -0.570. The maximum Gasteiger partial charge on any atom is 0.312 e. The van der Waals surface area contributed by atoms with Crippen LogP contribution in [0.3, 0.4) is 0 Å². The van der Waals surface area contributed by atoms with E-state index in [2.05, 4.69) is 0 Å². The van der Waals surface area contributed by atoms with Crippen LogP contribution in [0.4, 0.5) is 0 Å². The van der Waals surface area contributed by atoms with Gasteiger partial charge in [0.05, 0.1) is 12.0 Å². The molecular weight excluding hydrogens is 132 g/mol. The number of fused-ring (bicyclic) bond motifs is 1. The smallest absolute Gasteiger partial charge is 0.312 e. The van der Waals surface area contributed by atoms with E-state index < -0.39 is 0 Å². The Labute approximate surface area is 58.3 Å². The number of hydrogen-bond donors (Lipinski definition) is 0. The van der Waals surface area contributed by atoms with E-state index in [4.69, 9.17) is 9.47 Å². The first-order valence-corrected chi connectivity index (χ1v) is 3.70. The van der Waals surface area contributed by atoms with Gasteiger partial charge in [0.1, 0.15) is 12.2 Å². The van der Waals surface area contributed by atoms with Crippen molar-refractivity contribution in [3.05, 3.63) is 0 Å². The largest absolute Gasteiger partial charge is 0.459 e. The van der Waals surface area contributed by atoms with Crippen LogP contribution in [0.15, 0.2) is 0 Å². The molecule has 0 aliphatic carbocycles. The zero-order valence-electron chi connectivity index (χ0n) is 5.45. The molecule has 0 N–H and O–H groups in total. The van der Waals surface area contributed by atoms with Gasteiger partial charge >= 0.3 is 5.97 Å². The zero-order valence-corrected chi connectivity index (χ0v) is 5.45. The van der Waals surface area contributed by atoms with Gasteiger partial charge in [-0.3, -0.25) is 4.79 Å². The van der Waals surface area contributed by atoms with Crippen molar-refractivity contribution in [2.24, 2.45) is 5.92 Å². The summed E-state index contributed by atoms with van der Waals surface area (Å²) < 4.78 is 10.6. The van der Waals surface area contributed by atoms with Crippen molar-refractivity contribution in [2.75, 3.05) is 0 Å². The van der Waals surface area contributed by atoms with Gasteiger partial charge < -0.3 is 9.47 Å². The van der Waals surface area contributed by atoms with Crippen LogP contribution in [0.2, 0.25) is 0 Å². The minimum atomic E-state index is -0.0324. The van der Waals surface area contributed by atoms with Crippen molar-refractivity contribution in [3.8, 4) is 0 Å². The Kier molecular flexibility index (Phi) is 0.703. The molecule has 3 heteroatoms. The van der Waals surface area contributed by atoms with E-state index in [0.717, 1.165) is 12.8 Å². The van der Waals surface area contributed by atoms with E-state index in [9.17, 15) is 4.79 Å². The third-order valence-corrected chi connectivity index (χ3v) is 2.69. The normalized spacial score (nSPS) is 55.8. The predicted molar refractivity (Wildman–Crippen MR) is 31.3 cm³/mol. The van der Waals surface area contributed by atoms with Crippen LogP contribution in [-0.2, 0) is 14.3 Å². The second kappa shape index (κ2) is 1.37. The summed E-state index contributed by atoms with van der Waals surface area (Å²) >= 11 is 0. The van der Waals surface area contributed by atoms with Crippen LogP contribution in [0.5, 0.6) is 0 Å². The second-order valence-electron chi connectivity index (χ2n) is 3.28. The summed E-state index contributed by atoms with van der Waals surface area (Å²) in [5, 5.41) is 0. The molecule has 3 saturated heterocycles. The maximum atomic E-state index is 11.0. The summed E-state index contributed by atoms with van der Waals surface area (Å²) in [7, 11) is 0. The summed E-state index contributed by atoms with van der Waals surface area (Å²) in [6.07, 6.45) is 2.40. The fraction of sp³-hybridized carbons (Fsp3) is 0.857. The molecule has 0 unspecified atom stereocenters. The van der Waals surface area contributed by atoms with Crippen LogP contribution in [0.25, 0.3) is 0 Å². The van der Waals surface area contributed by atoms with E-state index in [-0.39, 0.29) is 24.1 Å². The third kappa shape index (κ3) is 0.408. The number of esters is 1. The van der Waals surface area contributed by atoms with Gasteiger partial charge in [-0.2, -0.15) is 0 Å². The number of ether oxygens (including phenoxy) is 2. The molecule has 10 heavy (non-hydrogen) atoms. The average molecular weight is 140 g/mol. The monoisotopic (exact) mass is 140 g/mol. The molecular formula is C7H8O3. The Morgan fingerprint density at radius 3 is 2.90 bits per heavy atom. The SMILES string of the molecule is O=C1O[C@H]2C[C@H]3C[C@H]1[C@H]2O3. The minimum Gasteiger partial charge on any atom is -0.459 e. The lowest BCUT2D eigenvalue weighted by molar-refractivity contribution is -0.143. The molecule has 0 aromatic carbocycles. The minimum absolute atomic E-state index is 0.0324. The molecule has 3 rings (SSSR count). The maximum absolute atomic E-state index is 11.0. The van der Waals surface area contributed by atoms with Crippen LogP contribution < -0.4 is 0 Å². The average Bonchev–Trinajstić information content (AvgIpc) is 2.44. The van der Waals surface area contributed by atoms with Gasteiger partial charge in [0, 0.05) is 6.42 Å². The third-order valence-electron chi connectivity index (χ3n) is 2.69. The molecule has 0 spiro atoms. The summed E-state index contributed by atoms with van der Waals surface area (Å²) in [5.41, 5.74) is 0. The lowest BCUT2D eigenvalue weighted by atomic mass is 9.90. The summed E-state index contributed by atoms with van der Waals surface area (Å²) in [4.78, 5) is 11.0. The van der Waals surface area contributed by atoms with Crippen LogP contribution in [0, 0.1) is 5.92 Å². The fourth-order valence-corrected chi connectivity index (χ4v) is 2.26. The number of hydrogen-bond acceptors (Lipinski definition) is 3. The standard InChI is InChI=1S/C7H8O3/c8-7-4-1-3-2-5(10-7)6(4)9-3/h3-6H,1-2H2/t3-,4+,5+,6-/m1/s1. The van der Waals surface area contributed by atoms with Crippen LogP contribution >= 0.6 is 0 Å². The molecule has 0 saturated carbocycles. The van der Waals surface area contributed by atoms with E-state index in [1.54, 1.807) is 0 Å². The highest BCUT2D eigenvalue weighted by molar-refractivity contribution is 5.76. The highest BCUT2D eigenvalue weighted by atomic mass is 16.6. The number of rotatable bonds is 0. The Morgan fingerprint density at radius 2 is 2.30 bits per heavy atom. The Bertz CT molecular complexity index is 199. The molecule has 3 aliphatic heterocycles. The highest BCUT2D eigenvalue weighted by Gasteiger charge is 2.57. The van der Waals surface area contributed by atoms with Gasteiger partial charge in [0.25, 0.3) is 0 Å². The van der Waals surface area contributed by atoms with Crippen molar-refractivity contribution in [3.63, 3.8) is 0 Å². The lowest BCUT2D eigenvalue weighted by Gasteiger charge is -2.07. The summed E-state index contributed by atoms with van der Waals surface area (Å²) in [6.45, 7) is 0. The molecule has 2 bridgehead atoms. The molecule has 3 nitrogen and oxygen atoms in total. The van der Waals surface area contributed by atoms with Crippen molar-refractivity contribution >= 4 is 5.97 Å². The quantitative estimate of drug-likeness (QED) is 0.447. The molecule has 3 heterocycles. The highest BCUT2D eigenvalue weighted by Crippen LogP contribution is 2.45. The van der Waals surface area contributed by atoms with Crippen molar-refractivity contribution in [1.82, 2.24) is 0 Å². The molecule has 0 radical (unpaired) electrons. The van der Waals surface area contributed by atoms with E-state index >= 15 is 0 Å². The number of carbonyl (C=O) groups excluding carboxylic acids is 1. The Morgan fingerprint density at radius 1 is 1.40 bits per heavy atom. The summed E-state index contributed by atoms with van der Waals surface area (Å²) in [6, 6.07) is 0. The molecule has 0 aromatic heterocycles. The first-order chi connectivity index (χ1) is 4.84. The van der Waals surface area contributed by atoms with Crippen molar-refractivity contribution in [2.45, 2.75) is 31.2 Å². The van der Waals surface area contributed by atoms with Gasteiger partial charge in [-0.1, -0.05) is 0 Å². The predicted octanol–water partition coefficient (Wildman–Crippen LogP) is 0.0892. The van der Waals surface area contributed by atoms with Crippen molar-refractivity contribution in [1.29, 1.82) is 0 Å². The zero-order chi connectivity index (χ0) is 6.72. The van der Waals surface area contributed by atoms with Crippen molar-refractivity contribution < 1.29 is 14.3 Å². The number of carbonyl (C=O) groups is 1. The van der Waals surface area contributed by atoms with Crippen LogP contribution in [-0.4, -0.2) is 24.3 Å². The van der Waals surface area contributed by atoms with Gasteiger partial charge in [0.2, 0.25) is 0 Å². The topological polar surface area (TPSA) is 35.5 Å². The van der Waals surface area contributed by atoms with Gasteiger partial charge in [-0.25, -0.2) is 0 Å². The molecule has 4 atom stereocenters. The van der Waals surface area contributed by atoms with E-state index in [0.29, 0.717) is 6.10 Å². The first-order valence-electron chi connectivity index (χ1n) is 3.70. The molecule has 0 amide bonds. The molecule has 0 aromatic rings. The Balaban J connectivity index is 2.05. The molecule has 3 aliphatic rings. The van der Waals surface area contributed by atoms with Gasteiger partial charge in [-0.15, -0.1) is 0 Å². The summed E-state index contributed by atoms with van der Waals surface area (Å²) in [5.74, 6) is 0.0544. The molecule has 54 valence electrons. The van der Waals surface area contributed by atoms with E-state index in [1.165, 1.54) is 0 Å². The van der Waals surface area contributed by atoms with E-state index in [1.807, 2.05) is 0 Å². The molecule has 3 fully saturated rings. The lowest BCUT2D eigenvalue weighted by Crippen LogP contribution is -2.22. The fourth-order valence-electron chi connectivity index (χ4n) is 2.26. The first kappa shape index (κ1) is 5.13. The van der Waals surface area contributed by atoms with Gasteiger partial charge in [-0.05, 0) is 6.42 Å². The second-order valence-corrected chi connectivity index (χ2v) is 3.28. The van der Waals surface area contributed by atoms with Crippen LogP contribution in [0.1, 0.15) is 12.8 Å².